The third kappa shape index (κ3) is 3.53. The van der Waals surface area contributed by atoms with Crippen molar-refractivity contribution in [1.82, 2.24) is 0 Å². The van der Waals surface area contributed by atoms with Gasteiger partial charge in [0.05, 0.1) is 0 Å². The molecule has 3 heteroatoms. The van der Waals surface area contributed by atoms with Crippen LogP contribution in [0.1, 0.15) is 33.3 Å². The van der Waals surface area contributed by atoms with Crippen LogP contribution >= 0.6 is 23.2 Å². The van der Waals surface area contributed by atoms with E-state index in [2.05, 4.69) is 39.6 Å². The molecule has 17 heavy (non-hydrogen) atoms. The van der Waals surface area contributed by atoms with Crippen LogP contribution in [0.5, 0.6) is 0 Å². The van der Waals surface area contributed by atoms with E-state index in [4.69, 9.17) is 23.2 Å². The SMILES string of the molecule is CC(N(C)c1cc(Cl)ccc1CCl)C(C)(C)C. The van der Waals surface area contributed by atoms with Crippen molar-refractivity contribution in [2.75, 3.05) is 11.9 Å². The lowest BCUT2D eigenvalue weighted by Crippen LogP contribution is -2.39. The van der Waals surface area contributed by atoms with Crippen molar-refractivity contribution in [3.05, 3.63) is 28.8 Å². The van der Waals surface area contributed by atoms with Crippen LogP contribution in [0.2, 0.25) is 5.02 Å². The molecule has 0 fully saturated rings. The summed E-state index contributed by atoms with van der Waals surface area (Å²) >= 11 is 12.0. The van der Waals surface area contributed by atoms with Crippen molar-refractivity contribution >= 4 is 28.9 Å². The van der Waals surface area contributed by atoms with Gasteiger partial charge < -0.3 is 4.90 Å². The summed E-state index contributed by atoms with van der Waals surface area (Å²) in [5, 5.41) is 0.752. The number of hydrogen-bond acceptors (Lipinski definition) is 1. The molecule has 1 aromatic carbocycles. The van der Waals surface area contributed by atoms with Crippen LogP contribution in [-0.2, 0) is 5.88 Å². The largest absolute Gasteiger partial charge is 0.371 e. The monoisotopic (exact) mass is 273 g/mol. The van der Waals surface area contributed by atoms with Crippen LogP contribution in [0.4, 0.5) is 5.69 Å². The molecule has 96 valence electrons. The van der Waals surface area contributed by atoms with Crippen molar-refractivity contribution in [3.63, 3.8) is 0 Å². The normalized spacial score (nSPS) is 13.6. The van der Waals surface area contributed by atoms with E-state index in [9.17, 15) is 0 Å². The van der Waals surface area contributed by atoms with Gasteiger partial charge in [0.15, 0.2) is 0 Å². The Morgan fingerprint density at radius 2 is 1.88 bits per heavy atom. The topological polar surface area (TPSA) is 3.24 Å². The molecule has 0 saturated heterocycles. The maximum absolute atomic E-state index is 6.07. The quantitative estimate of drug-likeness (QED) is 0.705. The Morgan fingerprint density at radius 3 is 2.35 bits per heavy atom. The molecule has 0 saturated carbocycles. The molecule has 0 aliphatic rings. The van der Waals surface area contributed by atoms with Gasteiger partial charge >= 0.3 is 0 Å². The zero-order chi connectivity index (χ0) is 13.2. The molecule has 0 amide bonds. The second kappa shape index (κ2) is 5.49. The fraction of sp³-hybridized carbons (Fsp3) is 0.571. The molecule has 1 atom stereocenters. The first-order chi connectivity index (χ1) is 7.77. The molecule has 0 aromatic heterocycles. The van der Waals surface area contributed by atoms with Crippen LogP contribution in [-0.4, -0.2) is 13.1 Å². The van der Waals surface area contributed by atoms with Crippen molar-refractivity contribution in [3.8, 4) is 0 Å². The summed E-state index contributed by atoms with van der Waals surface area (Å²) in [6.45, 7) is 8.93. The van der Waals surface area contributed by atoms with Crippen molar-refractivity contribution in [2.45, 2.75) is 39.6 Å². The molecule has 0 aliphatic heterocycles. The second-order valence-electron chi connectivity index (χ2n) is 5.56. The highest BCUT2D eigenvalue weighted by molar-refractivity contribution is 6.31. The predicted octanol–water partition coefficient (Wildman–Crippen LogP) is 4.95. The van der Waals surface area contributed by atoms with Crippen molar-refractivity contribution in [1.29, 1.82) is 0 Å². The predicted molar refractivity (Wildman–Crippen MR) is 78.3 cm³/mol. The number of halogens is 2. The summed E-state index contributed by atoms with van der Waals surface area (Å²) in [7, 11) is 2.09. The Morgan fingerprint density at radius 1 is 1.29 bits per heavy atom. The maximum Gasteiger partial charge on any atom is 0.0494 e. The third-order valence-corrected chi connectivity index (χ3v) is 3.93. The first-order valence-corrected chi connectivity index (χ1v) is 6.76. The van der Waals surface area contributed by atoms with Gasteiger partial charge in [-0.25, -0.2) is 0 Å². The van der Waals surface area contributed by atoms with Gasteiger partial charge in [-0.1, -0.05) is 38.4 Å². The van der Waals surface area contributed by atoms with Gasteiger partial charge in [0.25, 0.3) is 0 Å². The molecule has 1 unspecified atom stereocenters. The molecule has 1 nitrogen and oxygen atoms in total. The highest BCUT2D eigenvalue weighted by atomic mass is 35.5. The highest BCUT2D eigenvalue weighted by Gasteiger charge is 2.25. The summed E-state index contributed by atoms with van der Waals surface area (Å²) in [4.78, 5) is 2.25. The van der Waals surface area contributed by atoms with E-state index in [-0.39, 0.29) is 5.41 Å². The third-order valence-electron chi connectivity index (χ3n) is 3.41. The Hall–Kier alpha value is -0.400. The van der Waals surface area contributed by atoms with Gasteiger partial charge in [0, 0.05) is 29.7 Å². The number of anilines is 1. The molecule has 1 aromatic rings. The summed E-state index contributed by atoms with van der Waals surface area (Å²) in [6, 6.07) is 6.28. The number of rotatable bonds is 3. The molecule has 1 rings (SSSR count). The minimum Gasteiger partial charge on any atom is -0.371 e. The standard InChI is InChI=1S/C14H21Cl2N/c1-10(14(2,3)4)17(5)13-8-12(16)7-6-11(13)9-15/h6-8,10H,9H2,1-5H3. The average molecular weight is 274 g/mol. The minimum absolute atomic E-state index is 0.209. The van der Waals surface area contributed by atoms with Crippen molar-refractivity contribution < 1.29 is 0 Å². The Kier molecular flexibility index (Phi) is 4.74. The molecule has 0 N–H and O–H groups in total. The van der Waals surface area contributed by atoms with E-state index in [1.807, 2.05) is 18.2 Å². The van der Waals surface area contributed by atoms with Gasteiger partial charge in [-0.15, -0.1) is 11.6 Å². The molecule has 0 radical (unpaired) electrons. The highest BCUT2D eigenvalue weighted by Crippen LogP contribution is 2.31. The first kappa shape index (κ1) is 14.7. The van der Waals surface area contributed by atoms with Crippen LogP contribution in [0.3, 0.4) is 0 Å². The van der Waals surface area contributed by atoms with Gasteiger partial charge in [-0.05, 0) is 30.0 Å². The summed E-state index contributed by atoms with van der Waals surface area (Å²) < 4.78 is 0. The van der Waals surface area contributed by atoms with Crippen molar-refractivity contribution in [2.24, 2.45) is 5.41 Å². The fourth-order valence-electron chi connectivity index (χ4n) is 1.77. The van der Waals surface area contributed by atoms with E-state index >= 15 is 0 Å². The molecular weight excluding hydrogens is 253 g/mol. The fourth-order valence-corrected chi connectivity index (χ4v) is 2.16. The number of nitrogens with zero attached hydrogens (tertiary/aromatic N) is 1. The lowest BCUT2D eigenvalue weighted by Gasteiger charge is -2.37. The van der Waals surface area contributed by atoms with Crippen LogP contribution in [0, 0.1) is 5.41 Å². The molecule has 0 heterocycles. The molecule has 0 bridgehead atoms. The Bertz CT molecular complexity index is 382. The average Bonchev–Trinajstić information content (AvgIpc) is 2.25. The Balaban J connectivity index is 3.10. The van der Waals surface area contributed by atoms with Gasteiger partial charge in [-0.2, -0.15) is 0 Å². The summed E-state index contributed by atoms with van der Waals surface area (Å²) in [6.07, 6.45) is 0. The number of benzene rings is 1. The number of hydrogen-bond donors (Lipinski definition) is 0. The molecular formula is C14H21Cl2N. The first-order valence-electron chi connectivity index (χ1n) is 5.84. The van der Waals surface area contributed by atoms with E-state index in [1.165, 1.54) is 0 Å². The lowest BCUT2D eigenvalue weighted by molar-refractivity contribution is 0.329. The van der Waals surface area contributed by atoms with Crippen LogP contribution in [0.25, 0.3) is 0 Å². The lowest BCUT2D eigenvalue weighted by atomic mass is 9.86. The molecule has 0 aliphatic carbocycles. The van der Waals surface area contributed by atoms with Crippen LogP contribution in [0.15, 0.2) is 18.2 Å². The zero-order valence-corrected chi connectivity index (χ0v) is 12.7. The van der Waals surface area contributed by atoms with Gasteiger partial charge in [-0.3, -0.25) is 0 Å². The second-order valence-corrected chi connectivity index (χ2v) is 6.26. The van der Waals surface area contributed by atoms with Gasteiger partial charge in [0.2, 0.25) is 0 Å². The van der Waals surface area contributed by atoms with E-state index in [0.29, 0.717) is 11.9 Å². The maximum atomic E-state index is 6.07. The Labute approximate surface area is 115 Å². The summed E-state index contributed by atoms with van der Waals surface area (Å²) in [5.41, 5.74) is 2.45. The number of alkyl halides is 1. The molecule has 0 spiro atoms. The van der Waals surface area contributed by atoms with E-state index < -0.39 is 0 Å². The zero-order valence-electron chi connectivity index (χ0n) is 11.2. The van der Waals surface area contributed by atoms with Crippen LogP contribution < -0.4 is 4.90 Å². The van der Waals surface area contributed by atoms with E-state index in [0.717, 1.165) is 16.3 Å². The summed E-state index contributed by atoms with van der Waals surface area (Å²) in [5.74, 6) is 0.508. The smallest absolute Gasteiger partial charge is 0.0494 e. The van der Waals surface area contributed by atoms with Gasteiger partial charge in [0.1, 0.15) is 0 Å². The van der Waals surface area contributed by atoms with E-state index in [1.54, 1.807) is 0 Å². The minimum atomic E-state index is 0.209.